The molecule has 1 aromatic carbocycles. The third kappa shape index (κ3) is 2.99. The van der Waals surface area contributed by atoms with Crippen LogP contribution in [0.1, 0.15) is 37.2 Å². The molecule has 0 fully saturated rings. The van der Waals surface area contributed by atoms with Crippen molar-refractivity contribution in [3.05, 3.63) is 46.7 Å². The minimum Gasteiger partial charge on any atom is -0.344 e. The molecule has 1 heterocycles. The molecule has 2 aromatic rings. The summed E-state index contributed by atoms with van der Waals surface area (Å²) in [6.45, 7) is 4.06. The van der Waals surface area contributed by atoms with E-state index < -0.39 is 0 Å². The van der Waals surface area contributed by atoms with E-state index in [1.54, 1.807) is 17.4 Å². The number of nitrogens with one attached hydrogen (secondary N) is 1. The highest BCUT2D eigenvalue weighted by molar-refractivity contribution is 7.13. The summed E-state index contributed by atoms with van der Waals surface area (Å²) < 4.78 is 13.9. The average Bonchev–Trinajstić information content (AvgIpc) is 2.95. The van der Waals surface area contributed by atoms with Gasteiger partial charge in [0.05, 0.1) is 11.7 Å². The second-order valence-electron chi connectivity index (χ2n) is 4.87. The van der Waals surface area contributed by atoms with E-state index in [2.05, 4.69) is 17.2 Å². The van der Waals surface area contributed by atoms with E-state index in [0.717, 1.165) is 10.8 Å². The van der Waals surface area contributed by atoms with Gasteiger partial charge in [0.25, 0.3) is 0 Å². The molecular formula is C15H20FN3S. The molecule has 108 valence electrons. The first kappa shape index (κ1) is 14.9. The molecule has 2 unspecified atom stereocenters. The Bertz CT molecular complexity index is 570. The van der Waals surface area contributed by atoms with E-state index in [-0.39, 0.29) is 17.9 Å². The number of hydrogen-bond donors (Lipinski definition) is 1. The normalized spacial score (nSPS) is 14.1. The first-order valence-corrected chi connectivity index (χ1v) is 7.52. The molecule has 0 aliphatic rings. The molecule has 0 saturated carbocycles. The summed E-state index contributed by atoms with van der Waals surface area (Å²) in [5, 5.41) is 6.11. The number of nitrogens with zero attached hydrogens (tertiary/aromatic N) is 2. The van der Waals surface area contributed by atoms with Crippen molar-refractivity contribution < 1.29 is 4.39 Å². The van der Waals surface area contributed by atoms with Gasteiger partial charge in [-0.15, -0.1) is 11.3 Å². The predicted octanol–water partition coefficient (Wildman–Crippen LogP) is 3.76. The molecule has 20 heavy (non-hydrogen) atoms. The minimum atomic E-state index is -0.174. The first-order chi connectivity index (χ1) is 9.54. The van der Waals surface area contributed by atoms with Crippen LogP contribution in [0.2, 0.25) is 0 Å². The standard InChI is InChI=1S/C15H20FN3S/c1-10(17-3)14-9-20-15(18-14)19(4)11(2)12-7-5-6-8-13(12)16/h5-11,17H,1-4H3. The van der Waals surface area contributed by atoms with Gasteiger partial charge in [0.2, 0.25) is 0 Å². The molecule has 2 rings (SSSR count). The van der Waals surface area contributed by atoms with Crippen LogP contribution in [-0.4, -0.2) is 19.1 Å². The fraction of sp³-hybridized carbons (Fsp3) is 0.400. The third-order valence-corrected chi connectivity index (χ3v) is 4.57. The highest BCUT2D eigenvalue weighted by Crippen LogP contribution is 2.30. The maximum absolute atomic E-state index is 13.9. The summed E-state index contributed by atoms with van der Waals surface area (Å²) >= 11 is 1.58. The monoisotopic (exact) mass is 293 g/mol. The van der Waals surface area contributed by atoms with Gasteiger partial charge in [0, 0.05) is 24.0 Å². The molecule has 0 spiro atoms. The van der Waals surface area contributed by atoms with E-state index in [9.17, 15) is 4.39 Å². The van der Waals surface area contributed by atoms with Gasteiger partial charge < -0.3 is 10.2 Å². The van der Waals surface area contributed by atoms with E-state index in [1.165, 1.54) is 6.07 Å². The topological polar surface area (TPSA) is 28.2 Å². The maximum Gasteiger partial charge on any atom is 0.185 e. The van der Waals surface area contributed by atoms with Gasteiger partial charge in [-0.05, 0) is 27.0 Å². The van der Waals surface area contributed by atoms with Gasteiger partial charge >= 0.3 is 0 Å². The number of benzene rings is 1. The van der Waals surface area contributed by atoms with Crippen molar-refractivity contribution >= 4 is 16.5 Å². The highest BCUT2D eigenvalue weighted by atomic mass is 32.1. The van der Waals surface area contributed by atoms with E-state index >= 15 is 0 Å². The Morgan fingerprint density at radius 1 is 1.30 bits per heavy atom. The van der Waals surface area contributed by atoms with Crippen LogP contribution in [0.3, 0.4) is 0 Å². The molecule has 3 nitrogen and oxygen atoms in total. The van der Waals surface area contributed by atoms with Gasteiger partial charge in [-0.25, -0.2) is 9.37 Å². The van der Waals surface area contributed by atoms with Gasteiger partial charge in [-0.2, -0.15) is 0 Å². The Morgan fingerprint density at radius 3 is 2.65 bits per heavy atom. The second kappa shape index (κ2) is 6.33. The zero-order valence-electron chi connectivity index (χ0n) is 12.2. The highest BCUT2D eigenvalue weighted by Gasteiger charge is 2.19. The number of halogens is 1. The van der Waals surface area contributed by atoms with Gasteiger partial charge in [-0.1, -0.05) is 18.2 Å². The van der Waals surface area contributed by atoms with Gasteiger partial charge in [0.15, 0.2) is 5.13 Å². The number of anilines is 1. The van der Waals surface area contributed by atoms with Crippen molar-refractivity contribution in [3.8, 4) is 0 Å². The number of aromatic nitrogens is 1. The van der Waals surface area contributed by atoms with Crippen LogP contribution in [0.4, 0.5) is 9.52 Å². The van der Waals surface area contributed by atoms with Crippen molar-refractivity contribution in [2.75, 3.05) is 19.0 Å². The molecule has 5 heteroatoms. The predicted molar refractivity (Wildman–Crippen MR) is 82.8 cm³/mol. The molecule has 0 amide bonds. The lowest BCUT2D eigenvalue weighted by molar-refractivity contribution is 0.584. The van der Waals surface area contributed by atoms with Crippen LogP contribution in [0.5, 0.6) is 0 Å². The Hall–Kier alpha value is -1.46. The fourth-order valence-corrected chi connectivity index (χ4v) is 2.94. The molecule has 0 aliphatic carbocycles. The molecule has 0 aliphatic heterocycles. The second-order valence-corrected chi connectivity index (χ2v) is 5.71. The van der Waals surface area contributed by atoms with E-state index in [0.29, 0.717) is 5.56 Å². The lowest BCUT2D eigenvalue weighted by Crippen LogP contribution is -2.22. The zero-order chi connectivity index (χ0) is 14.7. The van der Waals surface area contributed by atoms with Crippen LogP contribution in [-0.2, 0) is 0 Å². The van der Waals surface area contributed by atoms with Crippen LogP contribution >= 0.6 is 11.3 Å². The Kier molecular flexibility index (Phi) is 4.73. The summed E-state index contributed by atoms with van der Waals surface area (Å²) in [4.78, 5) is 6.63. The van der Waals surface area contributed by atoms with Crippen LogP contribution < -0.4 is 10.2 Å². The maximum atomic E-state index is 13.9. The molecule has 0 radical (unpaired) electrons. The van der Waals surface area contributed by atoms with Crippen LogP contribution in [0, 0.1) is 5.82 Å². The molecule has 1 N–H and O–H groups in total. The van der Waals surface area contributed by atoms with Crippen molar-refractivity contribution in [1.29, 1.82) is 0 Å². The molecule has 1 aromatic heterocycles. The summed E-state index contributed by atoms with van der Waals surface area (Å²) in [7, 11) is 3.86. The van der Waals surface area contributed by atoms with Crippen LogP contribution in [0.15, 0.2) is 29.6 Å². The Morgan fingerprint density at radius 2 is 2.00 bits per heavy atom. The minimum absolute atomic E-state index is 0.0555. The Labute approximate surface area is 123 Å². The lowest BCUT2D eigenvalue weighted by Gasteiger charge is -2.25. The number of hydrogen-bond acceptors (Lipinski definition) is 4. The molecular weight excluding hydrogens is 273 g/mol. The summed E-state index contributed by atoms with van der Waals surface area (Å²) in [6, 6.07) is 7.05. The van der Waals surface area contributed by atoms with E-state index in [1.807, 2.05) is 43.4 Å². The van der Waals surface area contributed by atoms with Crippen molar-refractivity contribution in [2.45, 2.75) is 25.9 Å². The zero-order valence-corrected chi connectivity index (χ0v) is 13.0. The summed E-state index contributed by atoms with van der Waals surface area (Å²) in [5.74, 6) is -0.174. The lowest BCUT2D eigenvalue weighted by atomic mass is 10.1. The van der Waals surface area contributed by atoms with Crippen molar-refractivity contribution in [3.63, 3.8) is 0 Å². The van der Waals surface area contributed by atoms with Crippen molar-refractivity contribution in [2.24, 2.45) is 0 Å². The fourth-order valence-electron chi connectivity index (χ4n) is 1.97. The number of rotatable bonds is 5. The smallest absolute Gasteiger partial charge is 0.185 e. The van der Waals surface area contributed by atoms with Gasteiger partial charge in [0.1, 0.15) is 5.82 Å². The molecule has 2 atom stereocenters. The Balaban J connectivity index is 2.21. The summed E-state index contributed by atoms with van der Waals surface area (Å²) in [5.41, 5.74) is 1.70. The quantitative estimate of drug-likeness (QED) is 0.910. The van der Waals surface area contributed by atoms with Gasteiger partial charge in [-0.3, -0.25) is 0 Å². The molecule has 0 bridgehead atoms. The van der Waals surface area contributed by atoms with Crippen LogP contribution in [0.25, 0.3) is 0 Å². The van der Waals surface area contributed by atoms with E-state index in [4.69, 9.17) is 0 Å². The largest absolute Gasteiger partial charge is 0.344 e. The van der Waals surface area contributed by atoms with Crippen molar-refractivity contribution in [1.82, 2.24) is 10.3 Å². The number of thiazole rings is 1. The summed E-state index contributed by atoms with van der Waals surface area (Å²) in [6.07, 6.45) is 0. The first-order valence-electron chi connectivity index (χ1n) is 6.64. The SMILES string of the molecule is CNC(C)c1csc(N(C)C(C)c2ccccc2F)n1. The average molecular weight is 293 g/mol. The molecule has 0 saturated heterocycles. The third-order valence-electron chi connectivity index (χ3n) is 3.62.